The topological polar surface area (TPSA) is 79.2 Å². The van der Waals surface area contributed by atoms with Gasteiger partial charge in [0.2, 0.25) is 10.0 Å². The Hall–Kier alpha value is -1.95. The first-order valence-electron chi connectivity index (χ1n) is 4.91. The molecule has 0 fully saturated rings. The molecule has 9 heteroatoms. The highest BCUT2D eigenvalue weighted by molar-refractivity contribution is 7.93. The van der Waals surface area contributed by atoms with Crippen molar-refractivity contribution in [2.75, 3.05) is 4.72 Å². The van der Waals surface area contributed by atoms with E-state index in [1.165, 1.54) is 6.92 Å². The maximum atomic E-state index is 11.9. The van der Waals surface area contributed by atoms with Crippen LogP contribution in [0.3, 0.4) is 0 Å². The molecule has 1 N–H and O–H groups in total. The van der Waals surface area contributed by atoms with E-state index in [1.54, 1.807) is 6.07 Å². The number of hydrogen-bond acceptors (Lipinski definition) is 4. The molecule has 0 aliphatic heterocycles. The Bertz CT molecular complexity index is 576. The van der Waals surface area contributed by atoms with Gasteiger partial charge in [-0.2, -0.15) is 5.26 Å². The van der Waals surface area contributed by atoms with Crippen LogP contribution in [0, 0.1) is 11.3 Å². The largest absolute Gasteiger partial charge is 0.573 e. The molecule has 1 rings (SSSR count). The van der Waals surface area contributed by atoms with E-state index in [-0.39, 0.29) is 5.69 Å². The van der Waals surface area contributed by atoms with E-state index in [4.69, 9.17) is 5.26 Å². The Morgan fingerprint density at radius 2 is 1.84 bits per heavy atom. The minimum atomic E-state index is -4.81. The standard InChI is InChI=1S/C10H9F3N2O3S/c1-7(6-14)19(16,17)15-8-2-4-9(5-3-8)18-10(11,12)13/h2-5,7,15H,1H3. The van der Waals surface area contributed by atoms with Gasteiger partial charge >= 0.3 is 6.36 Å². The predicted octanol–water partition coefficient (Wildman–Crippen LogP) is 2.24. The van der Waals surface area contributed by atoms with E-state index in [0.29, 0.717) is 0 Å². The number of hydrogen-bond donors (Lipinski definition) is 1. The fourth-order valence-electron chi connectivity index (χ4n) is 1.05. The molecule has 5 nitrogen and oxygen atoms in total. The molecule has 1 atom stereocenters. The first-order chi connectivity index (χ1) is 8.64. The molecule has 0 aliphatic carbocycles. The van der Waals surface area contributed by atoms with Crippen LogP contribution >= 0.6 is 0 Å². The molecule has 0 aromatic heterocycles. The second kappa shape index (κ2) is 5.36. The fraction of sp³-hybridized carbons (Fsp3) is 0.300. The predicted molar refractivity (Wildman–Crippen MR) is 60.7 cm³/mol. The Morgan fingerprint density at radius 1 is 1.32 bits per heavy atom. The average molecular weight is 294 g/mol. The third-order valence-corrected chi connectivity index (χ3v) is 3.55. The number of benzene rings is 1. The smallest absolute Gasteiger partial charge is 0.406 e. The van der Waals surface area contributed by atoms with Gasteiger partial charge in [0.15, 0.2) is 5.25 Å². The van der Waals surface area contributed by atoms with Crippen LogP contribution in [-0.4, -0.2) is 20.0 Å². The molecule has 1 unspecified atom stereocenters. The molecule has 19 heavy (non-hydrogen) atoms. The number of alkyl halides is 3. The maximum absolute atomic E-state index is 11.9. The van der Waals surface area contributed by atoms with Crippen LogP contribution in [-0.2, 0) is 10.0 Å². The summed E-state index contributed by atoms with van der Waals surface area (Å²) in [6, 6.07) is 5.67. The Kier molecular flexibility index (Phi) is 4.26. The molecular weight excluding hydrogens is 285 g/mol. The second-order valence-corrected chi connectivity index (χ2v) is 5.49. The van der Waals surface area contributed by atoms with Crippen LogP contribution in [0.1, 0.15) is 6.92 Å². The van der Waals surface area contributed by atoms with E-state index in [1.807, 2.05) is 0 Å². The Labute approximate surface area is 107 Å². The maximum Gasteiger partial charge on any atom is 0.573 e. The van der Waals surface area contributed by atoms with Gasteiger partial charge in [0.1, 0.15) is 5.75 Å². The summed E-state index contributed by atoms with van der Waals surface area (Å²) in [5.74, 6) is -0.469. The molecule has 0 radical (unpaired) electrons. The van der Waals surface area contributed by atoms with Crippen LogP contribution in [0.5, 0.6) is 5.75 Å². The Balaban J connectivity index is 2.82. The van der Waals surface area contributed by atoms with Gasteiger partial charge in [-0.05, 0) is 31.2 Å². The SMILES string of the molecule is CC(C#N)S(=O)(=O)Nc1ccc(OC(F)(F)F)cc1. The lowest BCUT2D eigenvalue weighted by atomic mass is 10.3. The summed E-state index contributed by atoms with van der Waals surface area (Å²) in [6.45, 7) is 1.18. The molecule has 0 saturated carbocycles. The van der Waals surface area contributed by atoms with Crippen molar-refractivity contribution in [2.24, 2.45) is 0 Å². The first-order valence-corrected chi connectivity index (χ1v) is 6.46. The van der Waals surface area contributed by atoms with Gasteiger partial charge in [-0.25, -0.2) is 8.42 Å². The lowest BCUT2D eigenvalue weighted by molar-refractivity contribution is -0.274. The molecular formula is C10H9F3N2O3S. The van der Waals surface area contributed by atoms with Crippen LogP contribution in [0.15, 0.2) is 24.3 Å². The normalized spacial score (nSPS) is 13.4. The van der Waals surface area contributed by atoms with E-state index < -0.39 is 27.4 Å². The van der Waals surface area contributed by atoms with Crippen LogP contribution in [0.4, 0.5) is 18.9 Å². The van der Waals surface area contributed by atoms with Gasteiger partial charge in [-0.1, -0.05) is 0 Å². The van der Waals surface area contributed by atoms with Gasteiger partial charge in [0, 0.05) is 5.69 Å². The van der Waals surface area contributed by atoms with Crippen LogP contribution in [0.2, 0.25) is 0 Å². The zero-order valence-electron chi connectivity index (χ0n) is 9.60. The summed E-state index contributed by atoms with van der Waals surface area (Å²) >= 11 is 0. The van der Waals surface area contributed by atoms with E-state index >= 15 is 0 Å². The quantitative estimate of drug-likeness (QED) is 0.923. The van der Waals surface area contributed by atoms with Gasteiger partial charge in [-0.15, -0.1) is 13.2 Å². The lowest BCUT2D eigenvalue weighted by Gasteiger charge is -2.11. The van der Waals surface area contributed by atoms with E-state index in [9.17, 15) is 21.6 Å². The summed E-state index contributed by atoms with van der Waals surface area (Å²) in [7, 11) is -3.89. The third kappa shape index (κ3) is 4.67. The molecule has 0 heterocycles. The van der Waals surface area contributed by atoms with Crippen molar-refractivity contribution >= 4 is 15.7 Å². The van der Waals surface area contributed by atoms with Crippen molar-refractivity contribution < 1.29 is 26.3 Å². The van der Waals surface area contributed by atoms with Gasteiger partial charge < -0.3 is 4.74 Å². The summed E-state index contributed by atoms with van der Waals surface area (Å²) in [6.07, 6.45) is -4.81. The van der Waals surface area contributed by atoms with Crippen LogP contribution in [0.25, 0.3) is 0 Å². The average Bonchev–Trinajstić information content (AvgIpc) is 2.28. The molecule has 0 spiro atoms. The fourth-order valence-corrected chi connectivity index (χ4v) is 1.83. The minimum absolute atomic E-state index is 0.0385. The number of rotatable bonds is 4. The summed E-state index contributed by atoms with van der Waals surface area (Å²) in [5.41, 5.74) is 0.0385. The molecule has 0 amide bonds. The number of nitriles is 1. The molecule has 0 aliphatic rings. The van der Waals surface area contributed by atoms with E-state index in [2.05, 4.69) is 9.46 Å². The number of nitrogens with zero attached hydrogens (tertiary/aromatic N) is 1. The van der Waals surface area contributed by atoms with Crippen molar-refractivity contribution in [3.05, 3.63) is 24.3 Å². The highest BCUT2D eigenvalue weighted by Crippen LogP contribution is 2.24. The third-order valence-electron chi connectivity index (χ3n) is 2.00. The number of halogens is 3. The molecule has 104 valence electrons. The zero-order chi connectivity index (χ0) is 14.7. The van der Waals surface area contributed by atoms with Gasteiger partial charge in [0.25, 0.3) is 0 Å². The number of anilines is 1. The number of sulfonamides is 1. The summed E-state index contributed by atoms with van der Waals surface area (Å²) in [4.78, 5) is 0. The lowest BCUT2D eigenvalue weighted by Crippen LogP contribution is -2.23. The molecule has 0 bridgehead atoms. The monoisotopic (exact) mass is 294 g/mol. The zero-order valence-corrected chi connectivity index (χ0v) is 10.4. The second-order valence-electron chi connectivity index (χ2n) is 3.49. The minimum Gasteiger partial charge on any atom is -0.406 e. The summed E-state index contributed by atoms with van der Waals surface area (Å²) in [5, 5.41) is 7.23. The van der Waals surface area contributed by atoms with Crippen LogP contribution < -0.4 is 9.46 Å². The van der Waals surface area contributed by atoms with E-state index in [0.717, 1.165) is 24.3 Å². The van der Waals surface area contributed by atoms with Crippen molar-refractivity contribution in [1.29, 1.82) is 5.26 Å². The molecule has 1 aromatic carbocycles. The van der Waals surface area contributed by atoms with Crippen molar-refractivity contribution in [1.82, 2.24) is 0 Å². The Morgan fingerprint density at radius 3 is 2.26 bits per heavy atom. The van der Waals surface area contributed by atoms with Crippen molar-refractivity contribution in [2.45, 2.75) is 18.5 Å². The van der Waals surface area contributed by atoms with Crippen molar-refractivity contribution in [3.8, 4) is 11.8 Å². The van der Waals surface area contributed by atoms with Gasteiger partial charge in [0.05, 0.1) is 6.07 Å². The first kappa shape index (κ1) is 15.1. The molecule has 1 aromatic rings. The highest BCUT2D eigenvalue weighted by atomic mass is 32.2. The molecule has 0 saturated heterocycles. The summed E-state index contributed by atoms with van der Waals surface area (Å²) < 4.78 is 64.4. The van der Waals surface area contributed by atoms with Gasteiger partial charge in [-0.3, -0.25) is 4.72 Å². The highest BCUT2D eigenvalue weighted by Gasteiger charge is 2.31. The number of nitrogens with one attached hydrogen (secondary N) is 1. The number of ether oxygens (including phenoxy) is 1. The van der Waals surface area contributed by atoms with Crippen molar-refractivity contribution in [3.63, 3.8) is 0 Å².